The standard InChI is InChI=1S/C10H21N3S/c1-8(2)13(3)7-6-11-10(14)12-9-4-5-9/h8-9H,4-7H2,1-3H3,(H2,11,12,14). The van der Waals surface area contributed by atoms with Crippen LogP contribution in [0.4, 0.5) is 0 Å². The van der Waals surface area contributed by atoms with E-state index in [1.807, 2.05) is 0 Å². The van der Waals surface area contributed by atoms with Gasteiger partial charge in [0.15, 0.2) is 5.11 Å². The molecule has 14 heavy (non-hydrogen) atoms. The number of thiocarbonyl (C=S) groups is 1. The van der Waals surface area contributed by atoms with Gasteiger partial charge in [-0.15, -0.1) is 0 Å². The summed E-state index contributed by atoms with van der Waals surface area (Å²) in [6.45, 7) is 6.35. The van der Waals surface area contributed by atoms with Crippen molar-refractivity contribution in [2.24, 2.45) is 0 Å². The average Bonchev–Trinajstić information content (AvgIpc) is 2.87. The van der Waals surface area contributed by atoms with Gasteiger partial charge < -0.3 is 15.5 Å². The van der Waals surface area contributed by atoms with Crippen LogP contribution in [0.5, 0.6) is 0 Å². The third kappa shape index (κ3) is 4.77. The third-order valence-electron chi connectivity index (χ3n) is 2.54. The fourth-order valence-corrected chi connectivity index (χ4v) is 1.34. The van der Waals surface area contributed by atoms with Crippen molar-refractivity contribution in [2.45, 2.75) is 38.8 Å². The lowest BCUT2D eigenvalue weighted by Gasteiger charge is -2.21. The number of likely N-dealkylation sites (N-methyl/N-ethyl adjacent to an activating group) is 1. The van der Waals surface area contributed by atoms with Gasteiger partial charge in [0.1, 0.15) is 0 Å². The van der Waals surface area contributed by atoms with E-state index in [9.17, 15) is 0 Å². The van der Waals surface area contributed by atoms with Crippen molar-refractivity contribution in [2.75, 3.05) is 20.1 Å². The summed E-state index contributed by atoms with van der Waals surface area (Å²) in [4.78, 5) is 2.30. The summed E-state index contributed by atoms with van der Waals surface area (Å²) in [5, 5.41) is 7.29. The lowest BCUT2D eigenvalue weighted by Crippen LogP contribution is -2.41. The zero-order valence-corrected chi connectivity index (χ0v) is 10.2. The molecule has 2 N–H and O–H groups in total. The summed E-state index contributed by atoms with van der Waals surface area (Å²) < 4.78 is 0. The molecule has 0 aromatic carbocycles. The van der Waals surface area contributed by atoms with Crippen molar-refractivity contribution >= 4 is 17.3 Å². The smallest absolute Gasteiger partial charge is 0.166 e. The molecule has 0 heterocycles. The van der Waals surface area contributed by atoms with Gasteiger partial charge in [0.05, 0.1) is 0 Å². The van der Waals surface area contributed by atoms with E-state index < -0.39 is 0 Å². The highest BCUT2D eigenvalue weighted by atomic mass is 32.1. The molecule has 0 amide bonds. The summed E-state index contributed by atoms with van der Waals surface area (Å²) in [6, 6.07) is 1.25. The van der Waals surface area contributed by atoms with Crippen LogP contribution in [0.1, 0.15) is 26.7 Å². The van der Waals surface area contributed by atoms with Gasteiger partial charge in [0, 0.05) is 25.2 Å². The van der Waals surface area contributed by atoms with Crippen LogP contribution in [0.25, 0.3) is 0 Å². The molecule has 82 valence electrons. The molecule has 1 saturated carbocycles. The minimum atomic E-state index is 0.599. The van der Waals surface area contributed by atoms with E-state index >= 15 is 0 Å². The Hall–Kier alpha value is -0.350. The Morgan fingerprint density at radius 3 is 2.64 bits per heavy atom. The molecule has 0 spiro atoms. The lowest BCUT2D eigenvalue weighted by atomic mass is 10.3. The minimum Gasteiger partial charge on any atom is -0.361 e. The number of hydrogen-bond donors (Lipinski definition) is 2. The Labute approximate surface area is 92.2 Å². The van der Waals surface area contributed by atoms with Gasteiger partial charge in [-0.1, -0.05) is 0 Å². The topological polar surface area (TPSA) is 27.3 Å². The monoisotopic (exact) mass is 215 g/mol. The molecular weight excluding hydrogens is 194 g/mol. The highest BCUT2D eigenvalue weighted by Gasteiger charge is 2.21. The van der Waals surface area contributed by atoms with Crippen LogP contribution in [-0.2, 0) is 0 Å². The molecule has 3 nitrogen and oxygen atoms in total. The molecule has 0 aromatic rings. The predicted molar refractivity (Wildman–Crippen MR) is 64.5 cm³/mol. The molecule has 0 radical (unpaired) electrons. The van der Waals surface area contributed by atoms with Gasteiger partial charge in [0.2, 0.25) is 0 Å². The zero-order chi connectivity index (χ0) is 10.6. The van der Waals surface area contributed by atoms with E-state index in [4.69, 9.17) is 12.2 Å². The molecule has 1 aliphatic carbocycles. The zero-order valence-electron chi connectivity index (χ0n) is 9.34. The highest BCUT2D eigenvalue weighted by Crippen LogP contribution is 2.18. The van der Waals surface area contributed by atoms with Crippen LogP contribution in [0.3, 0.4) is 0 Å². The van der Waals surface area contributed by atoms with Crippen molar-refractivity contribution in [3.63, 3.8) is 0 Å². The van der Waals surface area contributed by atoms with Gasteiger partial charge >= 0.3 is 0 Å². The average molecular weight is 215 g/mol. The number of nitrogens with one attached hydrogen (secondary N) is 2. The fourth-order valence-electron chi connectivity index (χ4n) is 1.07. The van der Waals surface area contributed by atoms with E-state index in [0.717, 1.165) is 18.2 Å². The van der Waals surface area contributed by atoms with Crippen LogP contribution < -0.4 is 10.6 Å². The van der Waals surface area contributed by atoms with E-state index in [1.54, 1.807) is 0 Å². The first-order valence-electron chi connectivity index (χ1n) is 5.34. The first kappa shape index (κ1) is 11.7. The van der Waals surface area contributed by atoms with E-state index in [2.05, 4.69) is 36.4 Å². The van der Waals surface area contributed by atoms with Gasteiger partial charge in [0.25, 0.3) is 0 Å². The number of rotatable bonds is 5. The number of hydrogen-bond acceptors (Lipinski definition) is 2. The van der Waals surface area contributed by atoms with Gasteiger partial charge in [-0.3, -0.25) is 0 Å². The van der Waals surface area contributed by atoms with Crippen molar-refractivity contribution in [3.05, 3.63) is 0 Å². The Kier molecular flexibility index (Phi) is 4.62. The number of nitrogens with zero attached hydrogens (tertiary/aromatic N) is 1. The van der Waals surface area contributed by atoms with E-state index in [-0.39, 0.29) is 0 Å². The maximum absolute atomic E-state index is 5.15. The lowest BCUT2D eigenvalue weighted by molar-refractivity contribution is 0.278. The second-order valence-corrected chi connectivity index (χ2v) is 4.66. The maximum atomic E-state index is 5.15. The quantitative estimate of drug-likeness (QED) is 0.668. The summed E-state index contributed by atoms with van der Waals surface area (Å²) in [5.41, 5.74) is 0. The van der Waals surface area contributed by atoms with Gasteiger partial charge in [-0.25, -0.2) is 0 Å². The van der Waals surface area contributed by atoms with Crippen molar-refractivity contribution in [3.8, 4) is 0 Å². The molecule has 0 unspecified atom stereocenters. The maximum Gasteiger partial charge on any atom is 0.166 e. The van der Waals surface area contributed by atoms with Gasteiger partial charge in [-0.2, -0.15) is 0 Å². The van der Waals surface area contributed by atoms with E-state index in [0.29, 0.717) is 12.1 Å². The predicted octanol–water partition coefficient (Wildman–Crippen LogP) is 0.953. The summed E-state index contributed by atoms with van der Waals surface area (Å²) in [6.07, 6.45) is 2.54. The second kappa shape index (κ2) is 5.51. The molecule has 0 atom stereocenters. The molecule has 1 rings (SSSR count). The Bertz CT molecular complexity index is 190. The Morgan fingerprint density at radius 2 is 2.14 bits per heavy atom. The van der Waals surface area contributed by atoms with E-state index in [1.165, 1.54) is 12.8 Å². The Morgan fingerprint density at radius 1 is 1.50 bits per heavy atom. The highest BCUT2D eigenvalue weighted by molar-refractivity contribution is 7.80. The normalized spacial score (nSPS) is 16.1. The van der Waals surface area contributed by atoms with Crippen LogP contribution >= 0.6 is 12.2 Å². The third-order valence-corrected chi connectivity index (χ3v) is 2.81. The fraction of sp³-hybridized carbons (Fsp3) is 0.900. The second-order valence-electron chi connectivity index (χ2n) is 4.25. The summed E-state index contributed by atoms with van der Waals surface area (Å²) in [5.74, 6) is 0. The van der Waals surface area contributed by atoms with Crippen LogP contribution in [0.15, 0.2) is 0 Å². The van der Waals surface area contributed by atoms with Crippen LogP contribution in [0.2, 0.25) is 0 Å². The summed E-state index contributed by atoms with van der Waals surface area (Å²) in [7, 11) is 2.13. The first-order chi connectivity index (χ1) is 6.59. The molecule has 0 bridgehead atoms. The van der Waals surface area contributed by atoms with Crippen molar-refractivity contribution in [1.29, 1.82) is 0 Å². The van der Waals surface area contributed by atoms with Crippen LogP contribution in [-0.4, -0.2) is 42.2 Å². The molecular formula is C10H21N3S. The first-order valence-corrected chi connectivity index (χ1v) is 5.75. The molecule has 0 aromatic heterocycles. The molecule has 4 heteroatoms. The Balaban J connectivity index is 1.99. The molecule has 1 aliphatic rings. The largest absolute Gasteiger partial charge is 0.361 e. The molecule has 1 fully saturated rings. The van der Waals surface area contributed by atoms with Crippen molar-refractivity contribution in [1.82, 2.24) is 15.5 Å². The van der Waals surface area contributed by atoms with Crippen molar-refractivity contribution < 1.29 is 0 Å². The SMILES string of the molecule is CC(C)N(C)CCNC(=S)NC1CC1. The summed E-state index contributed by atoms with van der Waals surface area (Å²) >= 11 is 5.15. The minimum absolute atomic E-state index is 0.599. The molecule has 0 aliphatic heterocycles. The molecule has 0 saturated heterocycles. The van der Waals surface area contributed by atoms with Crippen LogP contribution in [0, 0.1) is 0 Å². The van der Waals surface area contributed by atoms with Gasteiger partial charge in [-0.05, 0) is 46.0 Å².